The molecule has 0 saturated heterocycles. The number of H-pyrrole nitrogens is 1. The maximum Gasteiger partial charge on any atom is 0.272 e. The molecule has 0 saturated carbocycles. The van der Waals surface area contributed by atoms with Gasteiger partial charge < -0.3 is 15.0 Å². The van der Waals surface area contributed by atoms with E-state index in [0.29, 0.717) is 22.8 Å². The first-order valence-corrected chi connectivity index (χ1v) is 8.11. The lowest BCUT2D eigenvalue weighted by Gasteiger charge is -2.16. The molecule has 0 aliphatic heterocycles. The molecule has 1 atom stereocenters. The zero-order valence-electron chi connectivity index (χ0n) is 14.5. The summed E-state index contributed by atoms with van der Waals surface area (Å²) < 4.78 is 18.3. The number of nitrogens with one attached hydrogen (secondary N) is 2. The van der Waals surface area contributed by atoms with Gasteiger partial charge in [-0.1, -0.05) is 6.07 Å². The van der Waals surface area contributed by atoms with Crippen molar-refractivity contribution in [3.63, 3.8) is 0 Å². The molecular formula is C19H19FN4O2. The van der Waals surface area contributed by atoms with Crippen LogP contribution in [0.25, 0.3) is 11.4 Å². The van der Waals surface area contributed by atoms with Gasteiger partial charge in [0.05, 0.1) is 18.3 Å². The summed E-state index contributed by atoms with van der Waals surface area (Å²) >= 11 is 0. The molecule has 0 aliphatic carbocycles. The highest BCUT2D eigenvalue weighted by Crippen LogP contribution is 2.19. The van der Waals surface area contributed by atoms with E-state index in [4.69, 9.17) is 4.74 Å². The quantitative estimate of drug-likeness (QED) is 0.713. The summed E-state index contributed by atoms with van der Waals surface area (Å²) in [6.45, 7) is 2.05. The highest BCUT2D eigenvalue weighted by molar-refractivity contribution is 5.94. The Bertz CT molecular complexity index is 878. The van der Waals surface area contributed by atoms with Crippen LogP contribution in [0.3, 0.4) is 0 Å². The summed E-state index contributed by atoms with van der Waals surface area (Å²) in [7, 11) is 1.56. The fraction of sp³-hybridized carbons (Fsp3) is 0.211. The lowest BCUT2D eigenvalue weighted by molar-refractivity contribution is 0.0889. The van der Waals surface area contributed by atoms with Crippen molar-refractivity contribution in [3.8, 4) is 11.4 Å². The third-order valence-electron chi connectivity index (χ3n) is 3.90. The maximum absolute atomic E-state index is 13.1. The lowest BCUT2D eigenvalue weighted by Crippen LogP contribution is -2.32. The zero-order chi connectivity index (χ0) is 18.5. The molecule has 0 fully saturated rings. The molecule has 2 N–H and O–H groups in total. The Morgan fingerprint density at radius 2 is 2.04 bits per heavy atom. The van der Waals surface area contributed by atoms with E-state index in [2.05, 4.69) is 20.3 Å². The minimum absolute atomic E-state index is 0.279. The van der Waals surface area contributed by atoms with E-state index < -0.39 is 0 Å². The number of carbonyl (C=O) groups is 1. The highest BCUT2D eigenvalue weighted by atomic mass is 19.1. The van der Waals surface area contributed by atoms with Gasteiger partial charge in [0.1, 0.15) is 17.3 Å². The summed E-state index contributed by atoms with van der Waals surface area (Å²) in [5.41, 5.74) is 2.31. The van der Waals surface area contributed by atoms with Crippen molar-refractivity contribution in [3.05, 3.63) is 71.6 Å². The zero-order valence-corrected chi connectivity index (χ0v) is 14.5. The summed E-state index contributed by atoms with van der Waals surface area (Å²) in [5.74, 6) is -0.152. The standard InChI is InChI=1S/C19H19FN4O2/c1-12-17(24-18(22-12)13-6-8-14(20)9-7-13)19(25)23-16(11-26-2)15-5-3-4-10-21-15/h3-10,16H,11H2,1-2H3,(H,22,24)(H,23,25). The summed E-state index contributed by atoms with van der Waals surface area (Å²) in [6, 6.07) is 11.0. The van der Waals surface area contributed by atoms with Crippen molar-refractivity contribution in [2.24, 2.45) is 0 Å². The molecule has 0 radical (unpaired) electrons. The number of aromatic nitrogens is 3. The van der Waals surface area contributed by atoms with Crippen molar-refractivity contribution < 1.29 is 13.9 Å². The fourth-order valence-corrected chi connectivity index (χ4v) is 2.60. The van der Waals surface area contributed by atoms with Gasteiger partial charge in [-0.2, -0.15) is 0 Å². The number of methoxy groups -OCH3 is 1. The van der Waals surface area contributed by atoms with Crippen LogP contribution in [0.15, 0.2) is 48.7 Å². The molecule has 1 amide bonds. The van der Waals surface area contributed by atoms with Gasteiger partial charge >= 0.3 is 0 Å². The molecule has 26 heavy (non-hydrogen) atoms. The predicted molar refractivity (Wildman–Crippen MR) is 95.0 cm³/mol. The Morgan fingerprint density at radius 3 is 2.69 bits per heavy atom. The van der Waals surface area contributed by atoms with Crippen LogP contribution < -0.4 is 5.32 Å². The first-order valence-electron chi connectivity index (χ1n) is 8.11. The van der Waals surface area contributed by atoms with E-state index in [9.17, 15) is 9.18 Å². The number of carbonyl (C=O) groups excluding carboxylic acids is 1. The molecule has 1 unspecified atom stereocenters. The van der Waals surface area contributed by atoms with Gasteiger partial charge in [0, 0.05) is 24.6 Å². The second-order valence-electron chi connectivity index (χ2n) is 5.80. The molecule has 6 nitrogen and oxygen atoms in total. The minimum Gasteiger partial charge on any atom is -0.382 e. The molecule has 7 heteroatoms. The third kappa shape index (κ3) is 3.94. The molecule has 0 spiro atoms. The van der Waals surface area contributed by atoms with Crippen molar-refractivity contribution >= 4 is 5.91 Å². The highest BCUT2D eigenvalue weighted by Gasteiger charge is 2.21. The number of halogens is 1. The van der Waals surface area contributed by atoms with E-state index in [1.165, 1.54) is 12.1 Å². The molecule has 1 aromatic carbocycles. The molecule has 0 bridgehead atoms. The van der Waals surface area contributed by atoms with Crippen molar-refractivity contribution in [2.75, 3.05) is 13.7 Å². The Kier molecular flexibility index (Phi) is 5.38. The molecular weight excluding hydrogens is 335 g/mol. The van der Waals surface area contributed by atoms with Crippen LogP contribution in [0, 0.1) is 12.7 Å². The van der Waals surface area contributed by atoms with Gasteiger partial charge in [0.15, 0.2) is 0 Å². The maximum atomic E-state index is 13.1. The largest absolute Gasteiger partial charge is 0.382 e. The number of pyridine rings is 1. The molecule has 3 aromatic rings. The fourth-order valence-electron chi connectivity index (χ4n) is 2.60. The van der Waals surface area contributed by atoms with Gasteiger partial charge in [0.2, 0.25) is 0 Å². The SMILES string of the molecule is COCC(NC(=O)c1nc(-c2ccc(F)cc2)[nH]c1C)c1ccccn1. The Morgan fingerprint density at radius 1 is 1.27 bits per heavy atom. The van der Waals surface area contributed by atoms with Gasteiger partial charge in [-0.25, -0.2) is 9.37 Å². The number of nitrogens with zero attached hydrogens (tertiary/aromatic N) is 2. The number of imidazole rings is 1. The van der Waals surface area contributed by atoms with Crippen molar-refractivity contribution in [1.29, 1.82) is 0 Å². The average Bonchev–Trinajstić information content (AvgIpc) is 3.04. The van der Waals surface area contributed by atoms with Crippen LogP contribution in [-0.4, -0.2) is 34.6 Å². The van der Waals surface area contributed by atoms with Crippen LogP contribution in [-0.2, 0) is 4.74 Å². The number of aryl methyl sites for hydroxylation is 1. The Hall–Kier alpha value is -3.06. The van der Waals surface area contributed by atoms with Crippen molar-refractivity contribution in [2.45, 2.75) is 13.0 Å². The number of ether oxygens (including phenoxy) is 1. The van der Waals surface area contributed by atoms with Gasteiger partial charge in [-0.15, -0.1) is 0 Å². The second kappa shape index (κ2) is 7.88. The molecule has 3 rings (SSSR count). The van der Waals surface area contributed by atoms with E-state index in [-0.39, 0.29) is 30.1 Å². The minimum atomic E-state index is -0.390. The predicted octanol–water partition coefficient (Wildman–Crippen LogP) is 3.04. The number of aromatic amines is 1. The summed E-state index contributed by atoms with van der Waals surface area (Å²) in [5, 5.41) is 2.90. The molecule has 2 aromatic heterocycles. The Balaban J connectivity index is 1.82. The van der Waals surface area contributed by atoms with Crippen LogP contribution >= 0.6 is 0 Å². The number of hydrogen-bond donors (Lipinski definition) is 2. The number of benzene rings is 1. The van der Waals surface area contributed by atoms with E-state index >= 15 is 0 Å². The number of amides is 1. The first kappa shape index (κ1) is 17.8. The topological polar surface area (TPSA) is 79.9 Å². The third-order valence-corrected chi connectivity index (χ3v) is 3.90. The van der Waals surface area contributed by atoms with E-state index in [0.717, 1.165) is 0 Å². The van der Waals surface area contributed by atoms with Crippen LogP contribution in [0.1, 0.15) is 27.9 Å². The molecule has 0 aliphatic rings. The smallest absolute Gasteiger partial charge is 0.272 e. The van der Waals surface area contributed by atoms with Crippen LogP contribution in [0.5, 0.6) is 0 Å². The van der Waals surface area contributed by atoms with Crippen LogP contribution in [0.2, 0.25) is 0 Å². The Labute approximate surface area is 150 Å². The van der Waals surface area contributed by atoms with E-state index in [1.54, 1.807) is 32.4 Å². The second-order valence-corrected chi connectivity index (χ2v) is 5.80. The van der Waals surface area contributed by atoms with Gasteiger partial charge in [-0.3, -0.25) is 9.78 Å². The van der Waals surface area contributed by atoms with Crippen molar-refractivity contribution in [1.82, 2.24) is 20.3 Å². The summed E-state index contributed by atoms with van der Waals surface area (Å²) in [6.07, 6.45) is 1.66. The summed E-state index contributed by atoms with van der Waals surface area (Å²) in [4.78, 5) is 24.4. The number of hydrogen-bond acceptors (Lipinski definition) is 4. The first-order chi connectivity index (χ1) is 12.6. The van der Waals surface area contributed by atoms with Crippen LogP contribution in [0.4, 0.5) is 4.39 Å². The normalized spacial score (nSPS) is 12.0. The monoisotopic (exact) mass is 354 g/mol. The lowest BCUT2D eigenvalue weighted by atomic mass is 10.2. The van der Waals surface area contributed by atoms with E-state index in [1.807, 2.05) is 18.2 Å². The molecule has 134 valence electrons. The molecule has 2 heterocycles. The average molecular weight is 354 g/mol. The van der Waals surface area contributed by atoms with Gasteiger partial charge in [-0.05, 0) is 43.3 Å². The van der Waals surface area contributed by atoms with Gasteiger partial charge in [0.25, 0.3) is 5.91 Å². The number of rotatable bonds is 6.